The maximum absolute atomic E-state index is 12.3. The molecule has 0 unspecified atom stereocenters. The van der Waals surface area contributed by atoms with Gasteiger partial charge in [0.2, 0.25) is 10.0 Å². The van der Waals surface area contributed by atoms with Gasteiger partial charge in [0, 0.05) is 54.7 Å². The van der Waals surface area contributed by atoms with Crippen molar-refractivity contribution in [2.45, 2.75) is 6.92 Å². The maximum atomic E-state index is 12.3. The van der Waals surface area contributed by atoms with Gasteiger partial charge in [-0.25, -0.2) is 13.4 Å². The maximum Gasteiger partial charge on any atom is 0.250 e. The number of nitrogens with zero attached hydrogens (tertiary/aromatic N) is 4. The molecule has 1 aliphatic heterocycles. The number of hydrogen-bond acceptors (Lipinski definition) is 6. The zero-order valence-electron chi connectivity index (χ0n) is 18.4. The Morgan fingerprint density at radius 3 is 2.48 bits per heavy atom. The number of aromatic amines is 1. The number of H-pyrrole nitrogens is 1. The Morgan fingerprint density at radius 1 is 1.09 bits per heavy atom. The van der Waals surface area contributed by atoms with Crippen molar-refractivity contribution in [2.24, 2.45) is 5.73 Å². The summed E-state index contributed by atoms with van der Waals surface area (Å²) >= 11 is 0. The van der Waals surface area contributed by atoms with Crippen molar-refractivity contribution < 1.29 is 13.2 Å². The highest BCUT2D eigenvalue weighted by Crippen LogP contribution is 2.32. The highest BCUT2D eigenvalue weighted by atomic mass is 32.2. The minimum absolute atomic E-state index is 0.370. The minimum atomic E-state index is -3.18. The smallest absolute Gasteiger partial charge is 0.250 e. The van der Waals surface area contributed by atoms with E-state index in [9.17, 15) is 13.2 Å². The van der Waals surface area contributed by atoms with Gasteiger partial charge in [0.05, 0.1) is 34.1 Å². The Morgan fingerprint density at radius 2 is 1.85 bits per heavy atom. The van der Waals surface area contributed by atoms with E-state index >= 15 is 0 Å². The first-order valence-electron chi connectivity index (χ1n) is 10.6. The number of nitrogens with two attached hydrogens (primary N) is 1. The van der Waals surface area contributed by atoms with Crippen molar-refractivity contribution in [1.29, 1.82) is 0 Å². The van der Waals surface area contributed by atoms with Gasteiger partial charge in [0.1, 0.15) is 0 Å². The Labute approximate surface area is 191 Å². The number of benzene rings is 1. The summed E-state index contributed by atoms with van der Waals surface area (Å²) in [5, 5.41) is 0.882. The summed E-state index contributed by atoms with van der Waals surface area (Å²) in [4.78, 5) is 26.9. The molecule has 10 heteroatoms. The highest BCUT2D eigenvalue weighted by molar-refractivity contribution is 7.88. The summed E-state index contributed by atoms with van der Waals surface area (Å²) in [6, 6.07) is 11.5. The van der Waals surface area contributed by atoms with Crippen molar-refractivity contribution >= 4 is 43.6 Å². The molecule has 1 aromatic carbocycles. The number of rotatable bonds is 4. The topological polar surface area (TPSA) is 125 Å². The van der Waals surface area contributed by atoms with Crippen LogP contribution in [0.4, 0.5) is 5.69 Å². The number of pyridine rings is 2. The van der Waals surface area contributed by atoms with Crippen molar-refractivity contribution in [3.8, 4) is 11.3 Å². The average molecular weight is 465 g/mol. The summed E-state index contributed by atoms with van der Waals surface area (Å²) in [7, 11) is -3.18. The van der Waals surface area contributed by atoms with Gasteiger partial charge in [-0.2, -0.15) is 4.31 Å². The third-order valence-corrected chi connectivity index (χ3v) is 7.39. The zero-order valence-corrected chi connectivity index (χ0v) is 19.2. The first-order valence-corrected chi connectivity index (χ1v) is 12.4. The van der Waals surface area contributed by atoms with Crippen LogP contribution in [0.1, 0.15) is 16.1 Å². The lowest BCUT2D eigenvalue weighted by Gasteiger charge is -2.34. The second-order valence-corrected chi connectivity index (χ2v) is 10.3. The van der Waals surface area contributed by atoms with Crippen LogP contribution in [0.5, 0.6) is 0 Å². The Balaban J connectivity index is 1.57. The fourth-order valence-corrected chi connectivity index (χ4v) is 5.11. The molecule has 0 spiro atoms. The van der Waals surface area contributed by atoms with Gasteiger partial charge in [-0.1, -0.05) is 0 Å². The number of sulfonamides is 1. The lowest BCUT2D eigenvalue weighted by atomic mass is 10.1. The lowest BCUT2D eigenvalue weighted by Crippen LogP contribution is -2.48. The molecule has 5 rings (SSSR count). The van der Waals surface area contributed by atoms with Gasteiger partial charge in [0.15, 0.2) is 0 Å². The molecule has 1 amide bonds. The molecular formula is C23H24N6O3S. The summed E-state index contributed by atoms with van der Waals surface area (Å²) in [5.41, 5.74) is 11.5. The van der Waals surface area contributed by atoms with Crippen LogP contribution in [0, 0.1) is 6.92 Å². The van der Waals surface area contributed by atoms with E-state index in [2.05, 4.69) is 14.9 Å². The van der Waals surface area contributed by atoms with Crippen molar-refractivity contribution in [3.63, 3.8) is 0 Å². The van der Waals surface area contributed by atoms with Crippen molar-refractivity contribution in [2.75, 3.05) is 37.3 Å². The first kappa shape index (κ1) is 21.4. The summed E-state index contributed by atoms with van der Waals surface area (Å²) in [6.45, 7) is 4.02. The normalized spacial score (nSPS) is 15.4. The van der Waals surface area contributed by atoms with Crippen molar-refractivity contribution in [3.05, 3.63) is 53.9 Å². The second kappa shape index (κ2) is 7.82. The number of anilines is 1. The fraction of sp³-hybridized carbons (Fsp3) is 0.261. The summed E-state index contributed by atoms with van der Waals surface area (Å²) in [5.74, 6) is -0.535. The number of fused-ring (bicyclic) bond motifs is 3. The predicted octanol–water partition coefficient (Wildman–Crippen LogP) is 2.27. The molecular weight excluding hydrogens is 440 g/mol. The fourth-order valence-electron chi connectivity index (χ4n) is 4.28. The number of nitrogens with one attached hydrogen (secondary N) is 1. The summed E-state index contributed by atoms with van der Waals surface area (Å²) < 4.78 is 25.1. The van der Waals surface area contributed by atoms with Gasteiger partial charge >= 0.3 is 0 Å². The molecule has 9 nitrogen and oxygen atoms in total. The monoisotopic (exact) mass is 464 g/mol. The standard InChI is InChI=1S/C23H24N6O3S/c1-14-3-4-15(13-25-14)19-12-18(23(24)30)22-21(26-19)17-6-5-16(11-20(17)27-22)28-7-9-29(10-8-28)33(2,31)32/h3-6,11-13,27H,7-10H2,1-2H3,(H2,24,30). The quantitative estimate of drug-likeness (QED) is 0.477. The lowest BCUT2D eigenvalue weighted by molar-refractivity contribution is 0.100. The van der Waals surface area contributed by atoms with Gasteiger partial charge in [-0.15, -0.1) is 0 Å². The number of carbonyl (C=O) groups excluding carboxylic acids is 1. The molecule has 1 fully saturated rings. The van der Waals surface area contributed by atoms with E-state index in [4.69, 9.17) is 10.7 Å². The number of primary amides is 1. The number of carbonyl (C=O) groups is 1. The molecule has 0 atom stereocenters. The Kier molecular flexibility index (Phi) is 5.06. The number of piperazine rings is 1. The second-order valence-electron chi connectivity index (χ2n) is 8.34. The van der Waals surface area contributed by atoms with Crippen LogP contribution < -0.4 is 10.6 Å². The highest BCUT2D eigenvalue weighted by Gasteiger charge is 2.24. The molecule has 0 saturated carbocycles. The minimum Gasteiger partial charge on any atom is -0.369 e. The van der Waals surface area contributed by atoms with Crippen LogP contribution >= 0.6 is 0 Å². The molecule has 1 aliphatic rings. The van der Waals surface area contributed by atoms with Crippen LogP contribution in [-0.2, 0) is 10.0 Å². The zero-order chi connectivity index (χ0) is 23.3. The first-order chi connectivity index (χ1) is 15.7. The molecule has 4 heterocycles. The van der Waals surface area contributed by atoms with Gasteiger partial charge < -0.3 is 15.6 Å². The van der Waals surface area contributed by atoms with Crippen LogP contribution in [0.2, 0.25) is 0 Å². The molecule has 33 heavy (non-hydrogen) atoms. The largest absolute Gasteiger partial charge is 0.369 e. The molecule has 3 N–H and O–H groups in total. The number of hydrogen-bond donors (Lipinski definition) is 2. The predicted molar refractivity (Wildman–Crippen MR) is 129 cm³/mol. The van der Waals surface area contributed by atoms with Crippen LogP contribution in [0.15, 0.2) is 42.6 Å². The van der Waals surface area contributed by atoms with E-state index < -0.39 is 15.9 Å². The third kappa shape index (κ3) is 3.91. The van der Waals surface area contributed by atoms with Crippen LogP contribution in [0.25, 0.3) is 33.2 Å². The van der Waals surface area contributed by atoms with Gasteiger partial charge in [-0.05, 0) is 43.3 Å². The molecule has 3 aromatic heterocycles. The van der Waals surface area contributed by atoms with E-state index in [0.29, 0.717) is 48.5 Å². The SMILES string of the molecule is Cc1ccc(-c2cc(C(N)=O)c3[nH]c4cc(N5CCN(S(C)(=O)=O)CC5)ccc4c3n2)cn1. The van der Waals surface area contributed by atoms with Gasteiger partial charge in [0.25, 0.3) is 5.91 Å². The van der Waals surface area contributed by atoms with E-state index in [1.807, 2.05) is 37.3 Å². The molecule has 0 radical (unpaired) electrons. The van der Waals surface area contributed by atoms with E-state index in [1.54, 1.807) is 12.3 Å². The third-order valence-electron chi connectivity index (χ3n) is 6.08. The van der Waals surface area contributed by atoms with E-state index in [0.717, 1.165) is 27.8 Å². The van der Waals surface area contributed by atoms with Gasteiger partial charge in [-0.3, -0.25) is 9.78 Å². The molecule has 0 aliphatic carbocycles. The molecule has 4 aromatic rings. The number of amides is 1. The molecule has 0 bridgehead atoms. The van der Waals surface area contributed by atoms with Crippen LogP contribution in [0.3, 0.4) is 0 Å². The van der Waals surface area contributed by atoms with Crippen LogP contribution in [-0.4, -0.2) is 66.0 Å². The van der Waals surface area contributed by atoms with E-state index in [-0.39, 0.29) is 0 Å². The Hall–Kier alpha value is -3.50. The number of aryl methyl sites for hydroxylation is 1. The van der Waals surface area contributed by atoms with Crippen molar-refractivity contribution in [1.82, 2.24) is 19.3 Å². The molecule has 170 valence electrons. The summed E-state index contributed by atoms with van der Waals surface area (Å²) in [6.07, 6.45) is 2.97. The average Bonchev–Trinajstić information content (AvgIpc) is 3.16. The Bertz CT molecular complexity index is 1490. The number of aromatic nitrogens is 3. The molecule has 1 saturated heterocycles. The van der Waals surface area contributed by atoms with E-state index in [1.165, 1.54) is 10.6 Å².